The molecule has 0 aliphatic carbocycles. The van der Waals surface area contributed by atoms with Crippen LogP contribution in [-0.2, 0) is 11.2 Å². The van der Waals surface area contributed by atoms with Gasteiger partial charge < -0.3 is 19.7 Å². The van der Waals surface area contributed by atoms with E-state index in [0.29, 0.717) is 28.3 Å². The Kier molecular flexibility index (Phi) is 6.60. The van der Waals surface area contributed by atoms with Crippen molar-refractivity contribution in [3.63, 3.8) is 0 Å². The number of hydrogen-bond acceptors (Lipinski definition) is 5. The molecule has 0 spiro atoms. The minimum Gasteiger partial charge on any atom is -0.485 e. The predicted octanol–water partition coefficient (Wildman–Crippen LogP) is 5.11. The molecular weight excluding hydrogens is 425 g/mol. The van der Waals surface area contributed by atoms with Crippen molar-refractivity contribution in [2.24, 2.45) is 5.92 Å². The number of hydrogen-bond donors (Lipinski definition) is 2. The molecule has 0 saturated carbocycles. The molecule has 172 valence electrons. The number of methoxy groups -OCH3 is 1. The topological polar surface area (TPSA) is 88.9 Å². The number of aliphatic hydroxyl groups excluding tert-OH is 1. The fraction of sp³-hybridized carbons (Fsp3) is 0.308. The number of aliphatic carboxylic acids is 1. The number of aromatic nitrogens is 1. The standard InChI is InChI=1S/C26H26FNO5/c1-15(26(30)31)25(29)19-11-10-17-4-3-5-22(33-23(17)12-19)18-8-6-16(7-9-18)20-13-24(32-2)28-14-21(20)27/h6-15,22,25,29H,3-5H2,1-2H3,(H,30,31)/t15-,22?,25+/m0/s1. The summed E-state index contributed by atoms with van der Waals surface area (Å²) >= 11 is 0. The lowest BCUT2D eigenvalue weighted by Gasteiger charge is -2.21. The summed E-state index contributed by atoms with van der Waals surface area (Å²) in [5.41, 5.74) is 3.62. The van der Waals surface area contributed by atoms with E-state index in [4.69, 9.17) is 9.47 Å². The Morgan fingerprint density at radius 2 is 1.97 bits per heavy atom. The van der Waals surface area contributed by atoms with E-state index < -0.39 is 23.8 Å². The van der Waals surface area contributed by atoms with Gasteiger partial charge in [-0.15, -0.1) is 0 Å². The number of nitrogens with zero attached hydrogens (tertiary/aromatic N) is 1. The molecule has 33 heavy (non-hydrogen) atoms. The highest BCUT2D eigenvalue weighted by molar-refractivity contribution is 5.70. The second-order valence-electron chi connectivity index (χ2n) is 8.27. The molecule has 2 heterocycles. The van der Waals surface area contributed by atoms with Crippen LogP contribution in [-0.4, -0.2) is 28.3 Å². The first-order chi connectivity index (χ1) is 15.9. The molecule has 0 radical (unpaired) electrons. The third-order valence-electron chi connectivity index (χ3n) is 6.11. The van der Waals surface area contributed by atoms with Gasteiger partial charge in [0.15, 0.2) is 0 Å². The van der Waals surface area contributed by atoms with E-state index in [1.165, 1.54) is 14.0 Å². The summed E-state index contributed by atoms with van der Waals surface area (Å²) in [7, 11) is 1.49. The molecule has 6 nitrogen and oxygen atoms in total. The molecule has 1 aromatic heterocycles. The molecule has 0 saturated heterocycles. The third kappa shape index (κ3) is 4.83. The molecular formula is C26H26FNO5. The number of aliphatic hydroxyl groups is 1. The molecule has 4 rings (SSSR count). The lowest BCUT2D eigenvalue weighted by Crippen LogP contribution is -2.18. The van der Waals surface area contributed by atoms with Crippen molar-refractivity contribution in [1.29, 1.82) is 0 Å². The number of ether oxygens (including phenoxy) is 2. The third-order valence-corrected chi connectivity index (χ3v) is 6.11. The summed E-state index contributed by atoms with van der Waals surface area (Å²) in [4.78, 5) is 15.1. The Bertz CT molecular complexity index is 1150. The number of rotatable bonds is 6. The van der Waals surface area contributed by atoms with Crippen LogP contribution in [0, 0.1) is 11.7 Å². The number of fused-ring (bicyclic) bond motifs is 1. The second-order valence-corrected chi connectivity index (χ2v) is 8.27. The van der Waals surface area contributed by atoms with Crippen LogP contribution in [0.3, 0.4) is 0 Å². The molecule has 3 atom stereocenters. The van der Waals surface area contributed by atoms with Crippen molar-refractivity contribution in [3.05, 3.63) is 77.2 Å². The quantitative estimate of drug-likeness (QED) is 0.542. The fourth-order valence-electron chi connectivity index (χ4n) is 4.05. The Hall–Kier alpha value is -3.45. The summed E-state index contributed by atoms with van der Waals surface area (Å²) in [6, 6.07) is 14.5. The number of pyridine rings is 1. The molecule has 0 amide bonds. The zero-order valence-electron chi connectivity index (χ0n) is 18.5. The average Bonchev–Trinajstić information content (AvgIpc) is 3.05. The van der Waals surface area contributed by atoms with Crippen molar-refractivity contribution in [1.82, 2.24) is 4.98 Å². The van der Waals surface area contributed by atoms with Crippen LogP contribution in [0.2, 0.25) is 0 Å². The van der Waals surface area contributed by atoms with Crippen molar-refractivity contribution in [3.8, 4) is 22.8 Å². The Labute approximate surface area is 191 Å². The van der Waals surface area contributed by atoms with Crippen LogP contribution >= 0.6 is 0 Å². The van der Waals surface area contributed by atoms with Gasteiger partial charge in [-0.3, -0.25) is 4.79 Å². The number of carboxylic acids is 1. The first kappa shape index (κ1) is 22.7. The van der Waals surface area contributed by atoms with Gasteiger partial charge in [0, 0.05) is 11.6 Å². The van der Waals surface area contributed by atoms with Crippen LogP contribution in [0.1, 0.15) is 48.7 Å². The predicted molar refractivity (Wildman–Crippen MR) is 121 cm³/mol. The van der Waals surface area contributed by atoms with E-state index in [1.807, 2.05) is 30.3 Å². The van der Waals surface area contributed by atoms with Gasteiger partial charge in [0.25, 0.3) is 0 Å². The Morgan fingerprint density at radius 1 is 1.21 bits per heavy atom. The van der Waals surface area contributed by atoms with E-state index in [0.717, 1.165) is 36.6 Å². The zero-order chi connectivity index (χ0) is 23.5. The summed E-state index contributed by atoms with van der Waals surface area (Å²) in [5.74, 6) is -1.41. The number of carbonyl (C=O) groups is 1. The molecule has 3 aromatic rings. The molecule has 1 unspecified atom stereocenters. The lowest BCUT2D eigenvalue weighted by atomic mass is 9.95. The summed E-state index contributed by atoms with van der Waals surface area (Å²) in [6.45, 7) is 1.48. The van der Waals surface area contributed by atoms with Crippen molar-refractivity contribution in [2.45, 2.75) is 38.4 Å². The van der Waals surface area contributed by atoms with E-state index in [2.05, 4.69) is 4.98 Å². The highest BCUT2D eigenvalue weighted by Crippen LogP contribution is 2.37. The maximum absolute atomic E-state index is 14.3. The monoisotopic (exact) mass is 451 g/mol. The first-order valence-corrected chi connectivity index (χ1v) is 10.9. The second kappa shape index (κ2) is 9.58. The Balaban J connectivity index is 1.58. The zero-order valence-corrected chi connectivity index (χ0v) is 18.5. The van der Waals surface area contributed by atoms with E-state index in [-0.39, 0.29) is 6.10 Å². The van der Waals surface area contributed by atoms with E-state index in [9.17, 15) is 19.4 Å². The first-order valence-electron chi connectivity index (χ1n) is 10.9. The van der Waals surface area contributed by atoms with Crippen LogP contribution in [0.25, 0.3) is 11.1 Å². The normalized spacial score (nSPS) is 17.3. The van der Waals surface area contributed by atoms with Gasteiger partial charge in [0.05, 0.1) is 25.3 Å². The van der Waals surface area contributed by atoms with Gasteiger partial charge in [0.1, 0.15) is 17.7 Å². The highest BCUT2D eigenvalue weighted by atomic mass is 19.1. The van der Waals surface area contributed by atoms with Crippen LogP contribution in [0.4, 0.5) is 4.39 Å². The highest BCUT2D eigenvalue weighted by Gasteiger charge is 2.25. The van der Waals surface area contributed by atoms with Crippen molar-refractivity contribution >= 4 is 5.97 Å². The van der Waals surface area contributed by atoms with Gasteiger partial charge in [-0.2, -0.15) is 0 Å². The summed E-state index contributed by atoms with van der Waals surface area (Å²) in [5, 5.41) is 19.6. The summed E-state index contributed by atoms with van der Waals surface area (Å²) in [6.07, 6.45) is 2.37. The molecule has 0 fully saturated rings. The van der Waals surface area contributed by atoms with Crippen molar-refractivity contribution < 1.29 is 28.9 Å². The number of carboxylic acid groups (broad SMARTS) is 1. The van der Waals surface area contributed by atoms with Gasteiger partial charge in [0.2, 0.25) is 5.88 Å². The van der Waals surface area contributed by atoms with E-state index >= 15 is 0 Å². The number of halogens is 1. The maximum Gasteiger partial charge on any atom is 0.309 e. The van der Waals surface area contributed by atoms with Crippen LogP contribution < -0.4 is 9.47 Å². The molecule has 1 aliphatic rings. The van der Waals surface area contributed by atoms with E-state index in [1.54, 1.807) is 18.2 Å². The maximum atomic E-state index is 14.3. The van der Waals surface area contributed by atoms with Gasteiger partial charge >= 0.3 is 5.97 Å². The van der Waals surface area contributed by atoms with Gasteiger partial charge in [-0.1, -0.05) is 36.4 Å². The summed E-state index contributed by atoms with van der Waals surface area (Å²) < 4.78 is 25.7. The minimum absolute atomic E-state index is 0.207. The molecule has 0 bridgehead atoms. The number of benzene rings is 2. The average molecular weight is 451 g/mol. The van der Waals surface area contributed by atoms with Crippen molar-refractivity contribution in [2.75, 3.05) is 7.11 Å². The minimum atomic E-state index is -1.12. The molecule has 7 heteroatoms. The molecule has 1 aliphatic heterocycles. The largest absolute Gasteiger partial charge is 0.485 e. The van der Waals surface area contributed by atoms with Crippen LogP contribution in [0.5, 0.6) is 11.6 Å². The molecule has 2 aromatic carbocycles. The SMILES string of the molecule is COc1cc(-c2ccc(C3CCCc4ccc([C@H](O)[C@H](C)C(=O)O)cc4O3)cc2)c(F)cn1. The van der Waals surface area contributed by atoms with Gasteiger partial charge in [-0.25, -0.2) is 9.37 Å². The fourth-order valence-corrected chi connectivity index (χ4v) is 4.05. The number of aryl methyl sites for hydroxylation is 1. The smallest absolute Gasteiger partial charge is 0.309 e. The lowest BCUT2D eigenvalue weighted by molar-refractivity contribution is -0.145. The molecule has 2 N–H and O–H groups in total. The van der Waals surface area contributed by atoms with Gasteiger partial charge in [-0.05, 0) is 54.5 Å². The van der Waals surface area contributed by atoms with Crippen LogP contribution in [0.15, 0.2) is 54.7 Å². The Morgan fingerprint density at radius 3 is 2.67 bits per heavy atom.